The van der Waals surface area contributed by atoms with Crippen LogP contribution in [0.25, 0.3) is 0 Å². The van der Waals surface area contributed by atoms with E-state index in [0.717, 1.165) is 19.6 Å². The summed E-state index contributed by atoms with van der Waals surface area (Å²) >= 11 is 0. The number of hydrogen-bond acceptors (Lipinski definition) is 4. The van der Waals surface area contributed by atoms with Crippen LogP contribution in [0.15, 0.2) is 12.2 Å². The number of halogens is 1. The Morgan fingerprint density at radius 2 is 1.76 bits per heavy atom. The van der Waals surface area contributed by atoms with E-state index < -0.39 is 6.17 Å². The summed E-state index contributed by atoms with van der Waals surface area (Å²) in [7, 11) is 0. The molecule has 4 fully saturated rings. The molecule has 0 aromatic heterocycles. The van der Waals surface area contributed by atoms with Gasteiger partial charge in [0.15, 0.2) is 0 Å². The van der Waals surface area contributed by atoms with E-state index in [9.17, 15) is 4.39 Å². The largest absolute Gasteiger partial charge is 0.380 e. The molecule has 4 nitrogen and oxygen atoms in total. The maximum absolute atomic E-state index is 13.3. The second kappa shape index (κ2) is 11.2. The van der Waals surface area contributed by atoms with Crippen LogP contribution in [0.2, 0.25) is 0 Å². The van der Waals surface area contributed by atoms with E-state index in [1.165, 1.54) is 44.3 Å². The Kier molecular flexibility index (Phi) is 9.59. The number of rotatable bonds is 6. The van der Waals surface area contributed by atoms with Crippen molar-refractivity contribution in [2.75, 3.05) is 46.0 Å². The average Bonchev–Trinajstić information content (AvgIpc) is 3.38. The van der Waals surface area contributed by atoms with Gasteiger partial charge in [-0.1, -0.05) is 26.0 Å². The highest BCUT2D eigenvalue weighted by molar-refractivity contribution is 5.19. The predicted molar refractivity (Wildman–Crippen MR) is 119 cm³/mol. The van der Waals surface area contributed by atoms with Crippen LogP contribution < -0.4 is 0 Å². The molecule has 2 unspecified atom stereocenters. The molecule has 0 bridgehead atoms. The quantitative estimate of drug-likeness (QED) is 0.583. The van der Waals surface area contributed by atoms with Crippen molar-refractivity contribution in [3.8, 4) is 0 Å². The third-order valence-corrected chi connectivity index (χ3v) is 6.76. The van der Waals surface area contributed by atoms with Crippen molar-refractivity contribution in [3.05, 3.63) is 12.2 Å². The standard InChI is InChI=1S/C11H18FNO.C11H21NO.C2H6/c1-3-14-8-11-4-9(2)6-13(11)7-10(12)5-11;1-10(2)13-9-11-5-3-7-12(11)8-4-6-11;1-2/h10H,2-8H2,1H3;10H,3-9H2,1-2H3;1-2H3. The number of fused-ring (bicyclic) bond motifs is 2. The van der Waals surface area contributed by atoms with Gasteiger partial charge in [-0.05, 0) is 66.0 Å². The molecule has 170 valence electrons. The fourth-order valence-electron chi connectivity index (χ4n) is 5.52. The lowest BCUT2D eigenvalue weighted by atomic mass is 9.93. The molecule has 0 amide bonds. The van der Waals surface area contributed by atoms with Crippen LogP contribution in [-0.4, -0.2) is 79.2 Å². The van der Waals surface area contributed by atoms with Crippen LogP contribution in [-0.2, 0) is 9.47 Å². The van der Waals surface area contributed by atoms with E-state index in [4.69, 9.17) is 9.47 Å². The Labute approximate surface area is 178 Å². The summed E-state index contributed by atoms with van der Waals surface area (Å²) in [5.74, 6) is 0. The highest BCUT2D eigenvalue weighted by Gasteiger charge is 2.50. The van der Waals surface area contributed by atoms with Gasteiger partial charge in [-0.15, -0.1) is 0 Å². The Bertz CT molecular complexity index is 503. The maximum Gasteiger partial charge on any atom is 0.115 e. The molecular weight excluding hydrogens is 367 g/mol. The maximum atomic E-state index is 13.3. The molecule has 0 N–H and O–H groups in total. The highest BCUT2D eigenvalue weighted by atomic mass is 19.1. The minimum Gasteiger partial charge on any atom is -0.380 e. The van der Waals surface area contributed by atoms with E-state index in [2.05, 4.69) is 30.2 Å². The van der Waals surface area contributed by atoms with Crippen LogP contribution in [0.4, 0.5) is 4.39 Å². The summed E-state index contributed by atoms with van der Waals surface area (Å²) in [6.07, 6.45) is 6.71. The summed E-state index contributed by atoms with van der Waals surface area (Å²) in [5, 5.41) is 0. The Morgan fingerprint density at radius 1 is 1.10 bits per heavy atom. The smallest absolute Gasteiger partial charge is 0.115 e. The van der Waals surface area contributed by atoms with Crippen molar-refractivity contribution in [1.29, 1.82) is 0 Å². The van der Waals surface area contributed by atoms with Crippen molar-refractivity contribution in [2.24, 2.45) is 0 Å². The first-order chi connectivity index (χ1) is 13.9. The third kappa shape index (κ3) is 6.03. The molecule has 0 radical (unpaired) electrons. The fourth-order valence-corrected chi connectivity index (χ4v) is 5.52. The van der Waals surface area contributed by atoms with Gasteiger partial charge in [-0.25, -0.2) is 4.39 Å². The van der Waals surface area contributed by atoms with Crippen LogP contribution in [0.1, 0.15) is 73.1 Å². The van der Waals surface area contributed by atoms with Crippen molar-refractivity contribution < 1.29 is 13.9 Å². The van der Waals surface area contributed by atoms with Crippen LogP contribution in [0.3, 0.4) is 0 Å². The normalized spacial score (nSPS) is 30.6. The van der Waals surface area contributed by atoms with E-state index in [1.54, 1.807) is 0 Å². The van der Waals surface area contributed by atoms with Crippen molar-refractivity contribution in [2.45, 2.75) is 96.5 Å². The van der Waals surface area contributed by atoms with Gasteiger partial charge in [-0.2, -0.15) is 0 Å². The van der Waals surface area contributed by atoms with Gasteiger partial charge in [0.2, 0.25) is 0 Å². The highest BCUT2D eigenvalue weighted by Crippen LogP contribution is 2.42. The first kappa shape index (κ1) is 24.8. The van der Waals surface area contributed by atoms with Gasteiger partial charge in [-0.3, -0.25) is 9.80 Å². The van der Waals surface area contributed by atoms with E-state index in [1.807, 2.05) is 20.8 Å². The number of hydrogen-bond donors (Lipinski definition) is 0. The van der Waals surface area contributed by atoms with Gasteiger partial charge in [0.05, 0.1) is 24.9 Å². The summed E-state index contributed by atoms with van der Waals surface area (Å²) in [6, 6.07) is 0. The molecule has 5 heteroatoms. The zero-order chi connectivity index (χ0) is 21.5. The molecule has 29 heavy (non-hydrogen) atoms. The van der Waals surface area contributed by atoms with Gasteiger partial charge >= 0.3 is 0 Å². The van der Waals surface area contributed by atoms with Crippen molar-refractivity contribution in [1.82, 2.24) is 9.80 Å². The zero-order valence-electron chi connectivity index (χ0n) is 19.6. The number of nitrogens with zero attached hydrogens (tertiary/aromatic N) is 2. The molecule has 4 rings (SSSR count). The lowest BCUT2D eigenvalue weighted by molar-refractivity contribution is 0.00312. The molecule has 0 aromatic rings. The molecule has 4 saturated heterocycles. The molecule has 4 aliphatic heterocycles. The molecule has 0 aromatic carbocycles. The first-order valence-corrected chi connectivity index (χ1v) is 11.9. The van der Waals surface area contributed by atoms with Gasteiger partial charge in [0.1, 0.15) is 6.17 Å². The lowest BCUT2D eigenvalue weighted by Crippen LogP contribution is -2.43. The monoisotopic (exact) mass is 412 g/mol. The summed E-state index contributed by atoms with van der Waals surface area (Å²) in [4.78, 5) is 4.85. The molecule has 4 heterocycles. The van der Waals surface area contributed by atoms with Crippen LogP contribution in [0.5, 0.6) is 0 Å². The SMILES string of the molecule is C=C1CN2CC(F)CC2(COCC)C1.CC.CC(C)OCC12CCCN1CCC2. The topological polar surface area (TPSA) is 24.9 Å². The zero-order valence-corrected chi connectivity index (χ0v) is 19.6. The van der Waals surface area contributed by atoms with Gasteiger partial charge < -0.3 is 9.47 Å². The number of ether oxygens (including phenoxy) is 2. The second-order valence-electron chi connectivity index (χ2n) is 9.25. The lowest BCUT2D eigenvalue weighted by Gasteiger charge is -2.32. The second-order valence-corrected chi connectivity index (χ2v) is 9.25. The predicted octanol–water partition coefficient (Wildman–Crippen LogP) is 4.83. The Hall–Kier alpha value is -0.490. The van der Waals surface area contributed by atoms with Crippen LogP contribution >= 0.6 is 0 Å². The van der Waals surface area contributed by atoms with E-state index in [0.29, 0.717) is 37.8 Å². The molecule has 2 atom stereocenters. The first-order valence-electron chi connectivity index (χ1n) is 11.9. The van der Waals surface area contributed by atoms with Crippen molar-refractivity contribution >= 4 is 0 Å². The van der Waals surface area contributed by atoms with E-state index >= 15 is 0 Å². The van der Waals surface area contributed by atoms with Crippen LogP contribution in [0, 0.1) is 0 Å². The number of alkyl halides is 1. The van der Waals surface area contributed by atoms with E-state index in [-0.39, 0.29) is 5.54 Å². The summed E-state index contributed by atoms with van der Waals surface area (Å²) in [6.45, 7) is 20.6. The molecule has 4 aliphatic rings. The van der Waals surface area contributed by atoms with Gasteiger partial charge in [0, 0.05) is 31.7 Å². The summed E-state index contributed by atoms with van der Waals surface area (Å²) < 4.78 is 24.6. The molecule has 0 saturated carbocycles. The third-order valence-electron chi connectivity index (χ3n) is 6.76. The summed E-state index contributed by atoms with van der Waals surface area (Å²) in [5.41, 5.74) is 1.60. The Balaban J connectivity index is 0.000000191. The fraction of sp³-hybridized carbons (Fsp3) is 0.917. The Morgan fingerprint density at radius 3 is 2.34 bits per heavy atom. The molecular formula is C24H45FN2O2. The minimum absolute atomic E-state index is 0.0630. The average molecular weight is 413 g/mol. The van der Waals surface area contributed by atoms with Crippen molar-refractivity contribution in [3.63, 3.8) is 0 Å². The minimum atomic E-state index is -0.677. The molecule has 0 aliphatic carbocycles. The van der Waals surface area contributed by atoms with Gasteiger partial charge in [0.25, 0.3) is 0 Å². The molecule has 0 spiro atoms.